The van der Waals surface area contributed by atoms with E-state index in [1.807, 2.05) is 6.07 Å². The third-order valence-electron chi connectivity index (χ3n) is 15.8. The molecule has 0 saturated heterocycles. The Labute approximate surface area is 382 Å². The number of fused-ring (bicyclic) bond motifs is 12. The Balaban J connectivity index is 0.934. The summed E-state index contributed by atoms with van der Waals surface area (Å²) in [7, 11) is 0. The third-order valence-corrected chi connectivity index (χ3v) is 15.8. The van der Waals surface area contributed by atoms with E-state index in [0.717, 1.165) is 28.4 Å². The number of benzene rings is 8. The highest BCUT2D eigenvalue weighted by atomic mass is 16.3. The van der Waals surface area contributed by atoms with Crippen LogP contribution in [0.2, 0.25) is 0 Å². The fourth-order valence-corrected chi connectivity index (χ4v) is 12.2. The van der Waals surface area contributed by atoms with Gasteiger partial charge in [0, 0.05) is 50.0 Å². The van der Waals surface area contributed by atoms with Gasteiger partial charge in [0.15, 0.2) is 0 Å². The fraction of sp³-hybridized carbons (Fsp3) is 0.175. The number of allylic oxidation sites excluding steroid dienone is 4. The molecule has 4 aliphatic rings. The molecule has 0 radical (unpaired) electrons. The van der Waals surface area contributed by atoms with Gasteiger partial charge >= 0.3 is 0 Å². The molecule has 0 fully saturated rings. The molecule has 13 rings (SSSR count). The minimum Gasteiger partial charge on any atom is -0.456 e. The molecule has 0 amide bonds. The van der Waals surface area contributed by atoms with Crippen LogP contribution in [0.4, 0.5) is 17.1 Å². The first-order chi connectivity index (χ1) is 31.5. The van der Waals surface area contributed by atoms with Gasteiger partial charge in [0.1, 0.15) is 11.2 Å². The normalized spacial score (nSPS) is 17.4. The third kappa shape index (κ3) is 5.47. The smallest absolute Gasteiger partial charge is 0.135 e. The Bertz CT molecular complexity index is 3570. The summed E-state index contributed by atoms with van der Waals surface area (Å²) in [5.74, 6) is 0.417. The van der Waals surface area contributed by atoms with Crippen LogP contribution in [-0.4, -0.2) is 0 Å². The van der Waals surface area contributed by atoms with Gasteiger partial charge in [-0.3, -0.25) is 0 Å². The topological polar surface area (TPSA) is 16.4 Å². The van der Waals surface area contributed by atoms with Crippen LogP contribution in [0.15, 0.2) is 186 Å². The molecule has 2 nitrogen and oxygen atoms in total. The lowest BCUT2D eigenvalue weighted by Gasteiger charge is -2.31. The van der Waals surface area contributed by atoms with Crippen LogP contribution in [0.25, 0.3) is 66.4 Å². The van der Waals surface area contributed by atoms with E-state index in [9.17, 15) is 0 Å². The number of furan rings is 1. The summed E-state index contributed by atoms with van der Waals surface area (Å²) in [5.41, 5.74) is 25.0. The second-order valence-electron chi connectivity index (χ2n) is 20.5. The quantitative estimate of drug-likeness (QED) is 0.172. The van der Waals surface area contributed by atoms with Crippen LogP contribution in [0.1, 0.15) is 92.8 Å². The standard InChI is InChI=1S/C63H51NO/c1-61(2)53-18-12-10-16-45(53)48-28-23-42(35-56(48)61)64(43-24-29-49-46-26-20-40(38-14-8-7-9-15-38)33-54(46)62(3,4)57(49)36-43)44-25-30-50-47-27-21-41(34-55(47)63(5,6)58(50)37-44)39-22-31-60-52(32-39)51-17-11-13-19-59(51)65-60/h7-14,16-38H,15H2,1-6H3. The largest absolute Gasteiger partial charge is 0.456 e. The number of hydrogen-bond donors (Lipinski definition) is 0. The molecule has 0 N–H and O–H groups in total. The number of nitrogens with zero attached hydrogens (tertiary/aromatic N) is 1. The van der Waals surface area contributed by atoms with E-state index in [2.05, 4.69) is 222 Å². The van der Waals surface area contributed by atoms with Crippen molar-refractivity contribution < 1.29 is 4.42 Å². The second-order valence-corrected chi connectivity index (χ2v) is 20.5. The monoisotopic (exact) mass is 837 g/mol. The molecule has 314 valence electrons. The maximum atomic E-state index is 6.20. The van der Waals surface area contributed by atoms with Crippen molar-refractivity contribution in [3.05, 3.63) is 221 Å². The predicted octanol–water partition coefficient (Wildman–Crippen LogP) is 17.2. The van der Waals surface area contributed by atoms with Gasteiger partial charge in [0.2, 0.25) is 0 Å². The van der Waals surface area contributed by atoms with Crippen LogP contribution in [-0.2, 0) is 16.2 Å². The Hall–Kier alpha value is -7.16. The summed E-state index contributed by atoms with van der Waals surface area (Å²) in [6.45, 7) is 14.4. The lowest BCUT2D eigenvalue weighted by Crippen LogP contribution is -2.19. The molecule has 8 aromatic carbocycles. The molecule has 1 unspecified atom stereocenters. The molecule has 0 saturated carbocycles. The molecule has 1 heterocycles. The molecular formula is C63H51NO. The Morgan fingerprint density at radius 2 is 0.908 bits per heavy atom. The minimum atomic E-state index is -0.223. The van der Waals surface area contributed by atoms with Crippen molar-refractivity contribution in [2.75, 3.05) is 4.90 Å². The molecule has 2 heteroatoms. The van der Waals surface area contributed by atoms with E-state index in [-0.39, 0.29) is 16.2 Å². The first-order valence-electron chi connectivity index (χ1n) is 23.4. The van der Waals surface area contributed by atoms with Crippen molar-refractivity contribution >= 4 is 39.0 Å². The van der Waals surface area contributed by atoms with Crippen LogP contribution in [0.3, 0.4) is 0 Å². The zero-order valence-electron chi connectivity index (χ0n) is 38.0. The maximum Gasteiger partial charge on any atom is 0.135 e. The summed E-state index contributed by atoms with van der Waals surface area (Å²) in [6.07, 6.45) is 10.1. The molecule has 1 atom stereocenters. The number of para-hydroxylation sites is 1. The van der Waals surface area contributed by atoms with E-state index >= 15 is 0 Å². The Morgan fingerprint density at radius 3 is 1.55 bits per heavy atom. The number of anilines is 3. The van der Waals surface area contributed by atoms with Crippen molar-refractivity contribution in [2.45, 2.75) is 70.1 Å². The summed E-state index contributed by atoms with van der Waals surface area (Å²) in [5, 5.41) is 2.31. The molecule has 0 bridgehead atoms. The molecule has 0 aliphatic heterocycles. The fourth-order valence-electron chi connectivity index (χ4n) is 12.2. The molecule has 65 heavy (non-hydrogen) atoms. The van der Waals surface area contributed by atoms with Crippen LogP contribution < -0.4 is 4.90 Å². The van der Waals surface area contributed by atoms with Crippen molar-refractivity contribution in [1.29, 1.82) is 0 Å². The number of hydrogen-bond acceptors (Lipinski definition) is 2. The summed E-state index contributed by atoms with van der Waals surface area (Å²) >= 11 is 0. The lowest BCUT2D eigenvalue weighted by molar-refractivity contribution is 0.658. The zero-order chi connectivity index (χ0) is 44.0. The van der Waals surface area contributed by atoms with Gasteiger partial charge in [-0.25, -0.2) is 0 Å². The Kier molecular flexibility index (Phi) is 7.92. The van der Waals surface area contributed by atoms with E-state index in [4.69, 9.17) is 4.42 Å². The van der Waals surface area contributed by atoms with Crippen LogP contribution >= 0.6 is 0 Å². The SMILES string of the molecule is CC1(C)c2ccccc2-c2ccc(N(c3ccc4c(c3)C(C)(C)c3cc(-c5ccc6oc7ccccc7c6c5)ccc3-4)c3ccc4c(c3)C(C)(C)c3cc(C5C=CC=CC5)ccc3-4)cc21. The van der Waals surface area contributed by atoms with E-state index < -0.39 is 0 Å². The van der Waals surface area contributed by atoms with Crippen LogP contribution in [0, 0.1) is 0 Å². The van der Waals surface area contributed by atoms with Gasteiger partial charge in [-0.2, -0.15) is 0 Å². The van der Waals surface area contributed by atoms with Crippen molar-refractivity contribution in [3.63, 3.8) is 0 Å². The van der Waals surface area contributed by atoms with Crippen molar-refractivity contribution in [2.24, 2.45) is 0 Å². The van der Waals surface area contributed by atoms with Gasteiger partial charge in [-0.15, -0.1) is 0 Å². The van der Waals surface area contributed by atoms with Crippen molar-refractivity contribution in [1.82, 2.24) is 0 Å². The van der Waals surface area contributed by atoms with Gasteiger partial charge < -0.3 is 9.32 Å². The first-order valence-corrected chi connectivity index (χ1v) is 23.4. The minimum absolute atomic E-state index is 0.120. The second kappa shape index (κ2) is 13.4. The average Bonchev–Trinajstić information content (AvgIpc) is 3.97. The molecule has 9 aromatic rings. The van der Waals surface area contributed by atoms with Gasteiger partial charge in [-0.05, 0) is 151 Å². The summed E-state index contributed by atoms with van der Waals surface area (Å²) < 4.78 is 6.20. The predicted molar refractivity (Wildman–Crippen MR) is 272 cm³/mol. The highest BCUT2D eigenvalue weighted by Crippen LogP contribution is 2.56. The first kappa shape index (κ1) is 38.3. The van der Waals surface area contributed by atoms with Crippen LogP contribution in [0.5, 0.6) is 0 Å². The lowest BCUT2D eigenvalue weighted by atomic mass is 9.80. The average molecular weight is 838 g/mol. The highest BCUT2D eigenvalue weighted by Gasteiger charge is 2.40. The molecule has 4 aliphatic carbocycles. The maximum absolute atomic E-state index is 6.20. The van der Waals surface area contributed by atoms with Gasteiger partial charge in [0.25, 0.3) is 0 Å². The Morgan fingerprint density at radius 1 is 0.415 bits per heavy atom. The van der Waals surface area contributed by atoms with Crippen molar-refractivity contribution in [3.8, 4) is 44.5 Å². The summed E-state index contributed by atoms with van der Waals surface area (Å²) in [6, 6.07) is 59.9. The van der Waals surface area contributed by atoms with E-state index in [1.54, 1.807) is 0 Å². The highest BCUT2D eigenvalue weighted by molar-refractivity contribution is 6.06. The van der Waals surface area contributed by atoms with Gasteiger partial charge in [-0.1, -0.05) is 163 Å². The van der Waals surface area contributed by atoms with E-state index in [1.165, 1.54) is 101 Å². The molecule has 1 aromatic heterocycles. The van der Waals surface area contributed by atoms with E-state index in [0.29, 0.717) is 5.92 Å². The summed E-state index contributed by atoms with van der Waals surface area (Å²) in [4.78, 5) is 2.53. The zero-order valence-corrected chi connectivity index (χ0v) is 38.0. The molecular weight excluding hydrogens is 787 g/mol. The van der Waals surface area contributed by atoms with Gasteiger partial charge in [0.05, 0.1) is 0 Å². The number of rotatable bonds is 5. The molecule has 0 spiro atoms.